The summed E-state index contributed by atoms with van der Waals surface area (Å²) in [5.74, 6) is 0.505. The summed E-state index contributed by atoms with van der Waals surface area (Å²) >= 11 is 6.32. The average molecular weight is 413 g/mol. The molecule has 29 heavy (non-hydrogen) atoms. The minimum Gasteiger partial charge on any atom is -0.297 e. The molecule has 0 fully saturated rings. The molecule has 1 aliphatic heterocycles. The number of aromatic nitrogens is 4. The van der Waals surface area contributed by atoms with Crippen molar-refractivity contribution in [3.63, 3.8) is 0 Å². The van der Waals surface area contributed by atoms with E-state index in [1.54, 1.807) is 19.0 Å². The molecular weight excluding hydrogens is 392 g/mol. The van der Waals surface area contributed by atoms with Gasteiger partial charge in [0.05, 0.1) is 25.3 Å². The molecule has 0 spiro atoms. The number of hydrogen-bond donors (Lipinski definition) is 0. The Morgan fingerprint density at radius 2 is 2.00 bits per heavy atom. The summed E-state index contributed by atoms with van der Waals surface area (Å²) in [6.07, 6.45) is 0. The number of imidazole rings is 1. The third-order valence-electron chi connectivity index (χ3n) is 4.83. The van der Waals surface area contributed by atoms with Crippen LogP contribution in [0, 0.1) is 0 Å². The first kappa shape index (κ1) is 19.2. The summed E-state index contributed by atoms with van der Waals surface area (Å²) in [4.78, 5) is 30.5. The van der Waals surface area contributed by atoms with Crippen LogP contribution < -0.4 is 16.3 Å². The summed E-state index contributed by atoms with van der Waals surface area (Å²) < 4.78 is 4.40. The summed E-state index contributed by atoms with van der Waals surface area (Å²) in [7, 11) is 1.62. The lowest BCUT2D eigenvalue weighted by Crippen LogP contribution is -2.40. The number of rotatable bonds is 4. The Morgan fingerprint density at radius 3 is 2.69 bits per heavy atom. The van der Waals surface area contributed by atoms with Crippen LogP contribution in [0.1, 0.15) is 19.4 Å². The van der Waals surface area contributed by atoms with Gasteiger partial charge >= 0.3 is 5.69 Å². The SMILES string of the molecule is C=C(C)Cn1c(=O)c2c(nc3n2CC(C)=NN3Cc2ccccc2Cl)n(C)c1=O. The molecule has 4 rings (SSSR count). The molecule has 2 aromatic heterocycles. The van der Waals surface area contributed by atoms with Crippen molar-refractivity contribution in [2.45, 2.75) is 33.5 Å². The van der Waals surface area contributed by atoms with Crippen LogP contribution in [0.2, 0.25) is 5.02 Å². The molecular formula is C20H21ClN6O2. The number of nitrogens with zero attached hydrogens (tertiary/aromatic N) is 6. The van der Waals surface area contributed by atoms with Gasteiger partial charge in [-0.1, -0.05) is 42.0 Å². The van der Waals surface area contributed by atoms with E-state index in [2.05, 4.69) is 16.7 Å². The van der Waals surface area contributed by atoms with Gasteiger partial charge in [-0.25, -0.2) is 9.80 Å². The van der Waals surface area contributed by atoms with Gasteiger partial charge in [0.25, 0.3) is 5.56 Å². The molecule has 0 amide bonds. The topological polar surface area (TPSA) is 77.4 Å². The van der Waals surface area contributed by atoms with Crippen molar-refractivity contribution >= 4 is 34.4 Å². The highest BCUT2D eigenvalue weighted by Crippen LogP contribution is 2.27. The lowest BCUT2D eigenvalue weighted by Gasteiger charge is -2.25. The second kappa shape index (κ2) is 7.04. The quantitative estimate of drug-likeness (QED) is 0.617. The van der Waals surface area contributed by atoms with E-state index in [1.807, 2.05) is 35.8 Å². The highest BCUT2D eigenvalue weighted by molar-refractivity contribution is 6.31. The number of aryl methyl sites for hydroxylation is 1. The summed E-state index contributed by atoms with van der Waals surface area (Å²) in [5.41, 5.74) is 2.35. The first-order valence-corrected chi connectivity index (χ1v) is 9.55. The highest BCUT2D eigenvalue weighted by Gasteiger charge is 2.27. The minimum atomic E-state index is -0.420. The molecule has 0 saturated heterocycles. The number of allylic oxidation sites excluding steroid dienone is 1. The molecule has 0 unspecified atom stereocenters. The predicted molar refractivity (Wildman–Crippen MR) is 115 cm³/mol. The number of hydrazone groups is 1. The van der Waals surface area contributed by atoms with Crippen molar-refractivity contribution in [2.24, 2.45) is 12.1 Å². The standard InChI is InChI=1S/C20H21ClN6O2/c1-12(2)9-26-18(28)16-17(24(4)20(26)29)22-19-25(16)10-13(3)23-27(19)11-14-7-5-6-8-15(14)21/h5-8H,1,9-11H2,2-4H3. The maximum absolute atomic E-state index is 13.2. The molecule has 0 radical (unpaired) electrons. The Hall–Kier alpha value is -3.13. The monoisotopic (exact) mass is 412 g/mol. The van der Waals surface area contributed by atoms with Crippen molar-refractivity contribution < 1.29 is 0 Å². The van der Waals surface area contributed by atoms with Gasteiger partial charge in [0.1, 0.15) is 0 Å². The number of halogens is 1. The first-order valence-electron chi connectivity index (χ1n) is 9.17. The van der Waals surface area contributed by atoms with Crippen molar-refractivity contribution in [3.05, 3.63) is 67.8 Å². The van der Waals surface area contributed by atoms with Crippen molar-refractivity contribution in [3.8, 4) is 0 Å². The van der Waals surface area contributed by atoms with Gasteiger partial charge in [-0.2, -0.15) is 10.1 Å². The zero-order chi connectivity index (χ0) is 20.9. The lowest BCUT2D eigenvalue weighted by molar-refractivity contribution is 0.648. The van der Waals surface area contributed by atoms with Gasteiger partial charge in [0.15, 0.2) is 11.2 Å². The van der Waals surface area contributed by atoms with E-state index in [9.17, 15) is 9.59 Å². The van der Waals surface area contributed by atoms with Gasteiger partial charge in [-0.05, 0) is 25.5 Å². The van der Waals surface area contributed by atoms with Crippen molar-refractivity contribution in [1.82, 2.24) is 18.7 Å². The van der Waals surface area contributed by atoms with E-state index in [1.165, 1.54) is 9.13 Å². The second-order valence-electron chi connectivity index (χ2n) is 7.34. The van der Waals surface area contributed by atoms with Gasteiger partial charge < -0.3 is 0 Å². The highest BCUT2D eigenvalue weighted by atomic mass is 35.5. The average Bonchev–Trinajstić information content (AvgIpc) is 3.05. The number of fused-ring (bicyclic) bond motifs is 3. The smallest absolute Gasteiger partial charge is 0.297 e. The van der Waals surface area contributed by atoms with Gasteiger partial charge in [-0.3, -0.25) is 18.5 Å². The lowest BCUT2D eigenvalue weighted by atomic mass is 10.2. The molecule has 1 aromatic carbocycles. The Labute approximate surface area is 172 Å². The predicted octanol–water partition coefficient (Wildman–Crippen LogP) is 2.52. The van der Waals surface area contributed by atoms with Crippen molar-refractivity contribution in [1.29, 1.82) is 0 Å². The summed E-state index contributed by atoms with van der Waals surface area (Å²) in [6, 6.07) is 7.51. The van der Waals surface area contributed by atoms with Crippen LogP contribution in [0.15, 0.2) is 51.1 Å². The van der Waals surface area contributed by atoms with E-state index < -0.39 is 5.69 Å². The van der Waals surface area contributed by atoms with Crippen LogP contribution in [0.25, 0.3) is 11.2 Å². The maximum Gasteiger partial charge on any atom is 0.332 e. The zero-order valence-corrected chi connectivity index (χ0v) is 17.3. The third kappa shape index (κ3) is 3.19. The molecule has 0 bridgehead atoms. The molecule has 3 heterocycles. The van der Waals surface area contributed by atoms with Gasteiger partial charge in [0, 0.05) is 12.1 Å². The van der Waals surface area contributed by atoms with Crippen molar-refractivity contribution in [2.75, 3.05) is 5.01 Å². The van der Waals surface area contributed by atoms with Gasteiger partial charge in [0.2, 0.25) is 5.95 Å². The molecule has 0 atom stereocenters. The Morgan fingerprint density at radius 1 is 1.28 bits per heavy atom. The summed E-state index contributed by atoms with van der Waals surface area (Å²) in [6.45, 7) is 8.48. The van der Waals surface area contributed by atoms with Crippen LogP contribution >= 0.6 is 11.6 Å². The normalized spacial score (nSPS) is 13.5. The molecule has 0 aliphatic carbocycles. The maximum atomic E-state index is 13.2. The third-order valence-corrected chi connectivity index (χ3v) is 5.20. The largest absolute Gasteiger partial charge is 0.332 e. The first-order chi connectivity index (χ1) is 13.8. The second-order valence-corrected chi connectivity index (χ2v) is 7.75. The number of benzene rings is 1. The van der Waals surface area contributed by atoms with Gasteiger partial charge in [-0.15, -0.1) is 0 Å². The zero-order valence-electron chi connectivity index (χ0n) is 16.5. The molecule has 0 saturated carbocycles. The molecule has 1 aliphatic rings. The molecule has 8 nitrogen and oxygen atoms in total. The molecule has 3 aromatic rings. The fraction of sp³-hybridized carbons (Fsp3) is 0.300. The molecule has 0 N–H and O–H groups in total. The Bertz CT molecular complexity index is 1300. The van der Waals surface area contributed by atoms with E-state index in [0.29, 0.717) is 35.2 Å². The fourth-order valence-corrected chi connectivity index (χ4v) is 3.72. The van der Waals surface area contributed by atoms with Crippen LogP contribution in [0.3, 0.4) is 0 Å². The molecule has 150 valence electrons. The van der Waals surface area contributed by atoms with E-state index in [4.69, 9.17) is 11.6 Å². The Balaban J connectivity index is 1.93. The minimum absolute atomic E-state index is 0.165. The number of hydrogen-bond acceptors (Lipinski definition) is 5. The van der Waals surface area contributed by atoms with E-state index in [0.717, 1.165) is 16.8 Å². The molecule has 9 heteroatoms. The van der Waals surface area contributed by atoms with E-state index in [-0.39, 0.29) is 12.1 Å². The van der Waals surface area contributed by atoms with Crippen LogP contribution in [0.5, 0.6) is 0 Å². The van der Waals surface area contributed by atoms with Crippen LogP contribution in [-0.4, -0.2) is 24.4 Å². The summed E-state index contributed by atoms with van der Waals surface area (Å²) in [5, 5.41) is 6.95. The fourth-order valence-electron chi connectivity index (χ4n) is 3.52. The number of anilines is 1. The van der Waals surface area contributed by atoms with Crippen LogP contribution in [-0.2, 0) is 26.7 Å². The Kier molecular flexibility index (Phi) is 4.66. The van der Waals surface area contributed by atoms with Crippen LogP contribution in [0.4, 0.5) is 5.95 Å². The van der Waals surface area contributed by atoms with E-state index >= 15 is 0 Å².